The van der Waals surface area contributed by atoms with E-state index in [9.17, 15) is 17.6 Å². The molecule has 0 radical (unpaired) electrons. The van der Waals surface area contributed by atoms with Crippen molar-refractivity contribution in [2.24, 2.45) is 0 Å². The largest absolute Gasteiger partial charge is 0.396 e. The van der Waals surface area contributed by atoms with Crippen molar-refractivity contribution in [3.63, 3.8) is 0 Å². The summed E-state index contributed by atoms with van der Waals surface area (Å²) in [6.07, 6.45) is -4.93. The van der Waals surface area contributed by atoms with Crippen LogP contribution in [0.2, 0.25) is 0 Å². The third-order valence-corrected chi connectivity index (χ3v) is 3.53. The van der Waals surface area contributed by atoms with Gasteiger partial charge in [0.2, 0.25) is 11.7 Å². The minimum absolute atomic E-state index is 0.0542. The van der Waals surface area contributed by atoms with Crippen LogP contribution in [0, 0.1) is 5.82 Å². The standard InChI is InChI=1S/C17H12F4N2O/c18-13-8-4-7-12(9-13)16-22-15(24-23-16)10-14(17(19,20)21)11-5-2-1-3-6-11/h1-9,14H,10H2/t14-/m1/s1. The number of hydrogen-bond acceptors (Lipinski definition) is 3. The molecule has 24 heavy (non-hydrogen) atoms. The normalized spacial score (nSPS) is 13.0. The van der Waals surface area contributed by atoms with Crippen LogP contribution in [0.25, 0.3) is 11.4 Å². The van der Waals surface area contributed by atoms with E-state index in [-0.39, 0.29) is 17.3 Å². The zero-order valence-electron chi connectivity index (χ0n) is 12.3. The monoisotopic (exact) mass is 336 g/mol. The molecule has 0 aliphatic heterocycles. The molecule has 3 nitrogen and oxygen atoms in total. The first-order chi connectivity index (χ1) is 11.4. The van der Waals surface area contributed by atoms with Crippen LogP contribution in [0.4, 0.5) is 17.6 Å². The second kappa shape index (κ2) is 6.43. The van der Waals surface area contributed by atoms with Gasteiger partial charge in [0, 0.05) is 12.0 Å². The van der Waals surface area contributed by atoms with Gasteiger partial charge < -0.3 is 4.52 Å². The Morgan fingerprint density at radius 3 is 2.42 bits per heavy atom. The number of halogens is 4. The van der Waals surface area contributed by atoms with Gasteiger partial charge >= 0.3 is 6.18 Å². The number of rotatable bonds is 4. The fourth-order valence-electron chi connectivity index (χ4n) is 2.37. The maximum atomic E-state index is 13.3. The van der Waals surface area contributed by atoms with Crippen molar-refractivity contribution < 1.29 is 22.1 Å². The topological polar surface area (TPSA) is 38.9 Å². The Morgan fingerprint density at radius 1 is 1.00 bits per heavy atom. The molecule has 0 aliphatic rings. The number of alkyl halides is 3. The van der Waals surface area contributed by atoms with Crippen LogP contribution in [0.1, 0.15) is 17.4 Å². The van der Waals surface area contributed by atoms with Crippen molar-refractivity contribution in [2.75, 3.05) is 0 Å². The zero-order chi connectivity index (χ0) is 17.2. The molecule has 7 heteroatoms. The van der Waals surface area contributed by atoms with E-state index in [4.69, 9.17) is 4.52 Å². The first-order valence-corrected chi connectivity index (χ1v) is 7.13. The van der Waals surface area contributed by atoms with Crippen molar-refractivity contribution in [2.45, 2.75) is 18.5 Å². The summed E-state index contributed by atoms with van der Waals surface area (Å²) in [5.74, 6) is -2.34. The molecule has 0 saturated carbocycles. The summed E-state index contributed by atoms with van der Waals surface area (Å²) in [4.78, 5) is 3.96. The lowest BCUT2D eigenvalue weighted by Crippen LogP contribution is -2.23. The summed E-state index contributed by atoms with van der Waals surface area (Å²) in [6.45, 7) is 0. The summed E-state index contributed by atoms with van der Waals surface area (Å²) in [6, 6.07) is 13.0. The molecule has 0 aliphatic carbocycles. The van der Waals surface area contributed by atoms with Crippen LogP contribution in [0.15, 0.2) is 59.1 Å². The molecule has 2 aromatic carbocycles. The summed E-state index contributed by atoms with van der Waals surface area (Å²) in [5, 5.41) is 3.64. The summed E-state index contributed by atoms with van der Waals surface area (Å²) >= 11 is 0. The summed E-state index contributed by atoms with van der Waals surface area (Å²) in [5.41, 5.74) is 0.462. The molecule has 0 bridgehead atoms. The van der Waals surface area contributed by atoms with Gasteiger partial charge in [-0.25, -0.2) is 4.39 Å². The second-order valence-electron chi connectivity index (χ2n) is 5.23. The van der Waals surface area contributed by atoms with Crippen molar-refractivity contribution in [1.29, 1.82) is 0 Å². The highest BCUT2D eigenvalue weighted by molar-refractivity contribution is 5.53. The van der Waals surface area contributed by atoms with E-state index in [0.717, 1.165) is 0 Å². The van der Waals surface area contributed by atoms with Crippen LogP contribution in [-0.2, 0) is 6.42 Å². The smallest absolute Gasteiger partial charge is 0.339 e. The molecule has 0 spiro atoms. The van der Waals surface area contributed by atoms with E-state index < -0.39 is 24.3 Å². The molecule has 0 N–H and O–H groups in total. The average Bonchev–Trinajstić information content (AvgIpc) is 3.01. The first-order valence-electron chi connectivity index (χ1n) is 7.13. The van der Waals surface area contributed by atoms with Crippen LogP contribution < -0.4 is 0 Å². The maximum absolute atomic E-state index is 13.3. The van der Waals surface area contributed by atoms with Crippen LogP contribution in [0.3, 0.4) is 0 Å². The van der Waals surface area contributed by atoms with Gasteiger partial charge in [-0.05, 0) is 17.7 Å². The quantitative estimate of drug-likeness (QED) is 0.645. The predicted molar refractivity (Wildman–Crippen MR) is 78.6 cm³/mol. The van der Waals surface area contributed by atoms with E-state index in [1.54, 1.807) is 24.3 Å². The van der Waals surface area contributed by atoms with Crippen molar-refractivity contribution in [1.82, 2.24) is 10.1 Å². The lowest BCUT2D eigenvalue weighted by molar-refractivity contribution is -0.151. The lowest BCUT2D eigenvalue weighted by atomic mass is 9.95. The van der Waals surface area contributed by atoms with Gasteiger partial charge in [0.05, 0.1) is 5.92 Å². The molecule has 1 heterocycles. The van der Waals surface area contributed by atoms with E-state index in [1.807, 2.05) is 0 Å². The van der Waals surface area contributed by atoms with Crippen molar-refractivity contribution >= 4 is 0 Å². The number of aromatic nitrogens is 2. The van der Waals surface area contributed by atoms with Gasteiger partial charge in [0.15, 0.2) is 0 Å². The molecular weight excluding hydrogens is 324 g/mol. The SMILES string of the molecule is Fc1cccc(-c2noc(C[C@H](c3ccccc3)C(F)(F)F)n2)c1. The van der Waals surface area contributed by atoms with Gasteiger partial charge in [-0.15, -0.1) is 0 Å². The fraction of sp³-hybridized carbons (Fsp3) is 0.176. The summed E-state index contributed by atoms with van der Waals surface area (Å²) in [7, 11) is 0. The molecule has 0 amide bonds. The van der Waals surface area contributed by atoms with Gasteiger partial charge in [-0.3, -0.25) is 0 Å². The predicted octanol–water partition coefficient (Wildman–Crippen LogP) is 4.76. The Kier molecular flexibility index (Phi) is 4.33. The van der Waals surface area contributed by atoms with Crippen molar-refractivity contribution in [3.8, 4) is 11.4 Å². The highest BCUT2D eigenvalue weighted by Crippen LogP contribution is 2.37. The van der Waals surface area contributed by atoms with Crippen molar-refractivity contribution in [3.05, 3.63) is 71.9 Å². The van der Waals surface area contributed by atoms with Crippen LogP contribution in [0.5, 0.6) is 0 Å². The van der Waals surface area contributed by atoms with Crippen LogP contribution >= 0.6 is 0 Å². The van der Waals surface area contributed by atoms with Gasteiger partial charge in [-0.1, -0.05) is 47.6 Å². The third-order valence-electron chi connectivity index (χ3n) is 3.53. The molecule has 124 valence electrons. The highest BCUT2D eigenvalue weighted by Gasteiger charge is 2.41. The minimum atomic E-state index is -4.45. The minimum Gasteiger partial charge on any atom is -0.339 e. The number of nitrogens with zero attached hydrogens (tertiary/aromatic N) is 2. The van der Waals surface area contributed by atoms with E-state index >= 15 is 0 Å². The number of hydrogen-bond donors (Lipinski definition) is 0. The molecular formula is C17H12F4N2O. The summed E-state index contributed by atoms with van der Waals surface area (Å²) < 4.78 is 58.1. The average molecular weight is 336 g/mol. The molecule has 0 unspecified atom stereocenters. The zero-order valence-corrected chi connectivity index (χ0v) is 12.3. The highest BCUT2D eigenvalue weighted by atomic mass is 19.4. The lowest BCUT2D eigenvalue weighted by Gasteiger charge is -2.18. The Balaban J connectivity index is 1.87. The third kappa shape index (κ3) is 3.61. The van der Waals surface area contributed by atoms with Gasteiger partial charge in [0.1, 0.15) is 5.82 Å². The maximum Gasteiger partial charge on any atom is 0.396 e. The Labute approximate surface area is 134 Å². The Morgan fingerprint density at radius 2 is 1.75 bits per heavy atom. The van der Waals surface area contributed by atoms with Gasteiger partial charge in [-0.2, -0.15) is 18.2 Å². The van der Waals surface area contributed by atoms with E-state index in [2.05, 4.69) is 10.1 Å². The second-order valence-corrected chi connectivity index (χ2v) is 5.23. The first kappa shape index (κ1) is 16.2. The fourth-order valence-corrected chi connectivity index (χ4v) is 2.37. The molecule has 0 saturated heterocycles. The van der Waals surface area contributed by atoms with E-state index in [1.165, 1.54) is 30.3 Å². The number of benzene rings is 2. The Bertz CT molecular complexity index is 815. The van der Waals surface area contributed by atoms with Gasteiger partial charge in [0.25, 0.3) is 0 Å². The molecule has 3 rings (SSSR count). The Hall–Kier alpha value is -2.70. The molecule has 1 atom stereocenters. The van der Waals surface area contributed by atoms with Crippen LogP contribution in [-0.4, -0.2) is 16.3 Å². The molecule has 3 aromatic rings. The molecule has 1 aromatic heterocycles. The van der Waals surface area contributed by atoms with E-state index in [0.29, 0.717) is 5.56 Å². The molecule has 0 fully saturated rings.